The van der Waals surface area contributed by atoms with E-state index < -0.39 is 0 Å². The van der Waals surface area contributed by atoms with Gasteiger partial charge in [-0.1, -0.05) is 6.07 Å². The van der Waals surface area contributed by atoms with Gasteiger partial charge in [-0.2, -0.15) is 0 Å². The number of hydrogen-bond donors (Lipinski definition) is 2. The molecule has 3 heterocycles. The average molecular weight is 391 g/mol. The second kappa shape index (κ2) is 10.9. The number of aliphatic hydroxyl groups excluding tert-OH is 2. The van der Waals surface area contributed by atoms with E-state index in [2.05, 4.69) is 20.9 Å². The molecule has 0 saturated carbocycles. The topological polar surface area (TPSA) is 80.1 Å². The Hall–Kier alpha value is -1.54. The quantitative estimate of drug-likeness (QED) is 0.676. The summed E-state index contributed by atoms with van der Waals surface area (Å²) in [6.45, 7) is 5.49. The highest BCUT2D eigenvalue weighted by atomic mass is 16.3. The largest absolute Gasteiger partial charge is 0.395 e. The fourth-order valence-corrected chi connectivity index (χ4v) is 4.56. The number of piperidine rings is 2. The molecule has 28 heavy (non-hydrogen) atoms. The summed E-state index contributed by atoms with van der Waals surface area (Å²) >= 11 is 0. The van der Waals surface area contributed by atoms with Crippen molar-refractivity contribution in [2.45, 2.75) is 38.3 Å². The lowest BCUT2D eigenvalue weighted by atomic mass is 9.92. The molecule has 0 aromatic carbocycles. The van der Waals surface area contributed by atoms with Gasteiger partial charge >= 0.3 is 0 Å². The van der Waals surface area contributed by atoms with E-state index in [-0.39, 0.29) is 25.0 Å². The summed E-state index contributed by atoms with van der Waals surface area (Å²) in [4.78, 5) is 23.6. The van der Waals surface area contributed by atoms with Crippen LogP contribution < -0.4 is 0 Å². The van der Waals surface area contributed by atoms with Crippen molar-refractivity contribution in [2.24, 2.45) is 5.92 Å². The molecule has 1 unspecified atom stereocenters. The molecular formula is C21H34N4O3. The first kappa shape index (κ1) is 21.2. The summed E-state index contributed by atoms with van der Waals surface area (Å²) in [6.07, 6.45) is 7.97. The minimum absolute atomic E-state index is 0.0136. The molecule has 2 saturated heterocycles. The van der Waals surface area contributed by atoms with Crippen LogP contribution in [0.3, 0.4) is 0 Å². The molecule has 2 aliphatic heterocycles. The van der Waals surface area contributed by atoms with Gasteiger partial charge in [0.05, 0.1) is 19.1 Å². The molecule has 1 amide bonds. The van der Waals surface area contributed by atoms with E-state index in [4.69, 9.17) is 0 Å². The fourth-order valence-electron chi connectivity index (χ4n) is 4.56. The zero-order valence-electron chi connectivity index (χ0n) is 16.7. The zero-order valence-corrected chi connectivity index (χ0v) is 16.7. The van der Waals surface area contributed by atoms with E-state index in [0.717, 1.165) is 58.4 Å². The fraction of sp³-hybridized carbons (Fsp3) is 0.714. The lowest BCUT2D eigenvalue weighted by Gasteiger charge is -2.42. The van der Waals surface area contributed by atoms with E-state index in [1.807, 2.05) is 18.5 Å². The second-order valence-electron chi connectivity index (χ2n) is 7.98. The molecule has 7 heteroatoms. The van der Waals surface area contributed by atoms with Crippen LogP contribution in [-0.4, -0.2) is 94.3 Å². The third-order valence-corrected chi connectivity index (χ3v) is 6.06. The molecule has 2 N–H and O–H groups in total. The Balaban J connectivity index is 1.49. The standard InChI is InChI=1S/C21H34N4O3/c26-13-11-24(12-14-27)21(28)19-4-2-8-25(17-19)20-5-9-23(10-6-20)16-18-3-1-7-22-15-18/h1,3,7,15,19-20,26-27H,2,4-6,8-14,16-17H2. The van der Waals surface area contributed by atoms with Gasteiger partial charge in [0.25, 0.3) is 0 Å². The molecule has 1 atom stereocenters. The van der Waals surface area contributed by atoms with Crippen molar-refractivity contribution >= 4 is 5.91 Å². The maximum atomic E-state index is 12.8. The highest BCUT2D eigenvalue weighted by molar-refractivity contribution is 5.79. The molecule has 2 fully saturated rings. The monoisotopic (exact) mass is 390 g/mol. The number of carbonyl (C=O) groups excluding carboxylic acids is 1. The van der Waals surface area contributed by atoms with Crippen molar-refractivity contribution < 1.29 is 15.0 Å². The van der Waals surface area contributed by atoms with Crippen LogP contribution in [0.25, 0.3) is 0 Å². The number of hydrogen-bond acceptors (Lipinski definition) is 6. The van der Waals surface area contributed by atoms with Crippen molar-refractivity contribution in [2.75, 3.05) is 52.5 Å². The summed E-state index contributed by atoms with van der Waals surface area (Å²) in [5.41, 5.74) is 1.26. The minimum atomic E-state index is -0.0580. The van der Waals surface area contributed by atoms with Crippen molar-refractivity contribution in [3.8, 4) is 0 Å². The van der Waals surface area contributed by atoms with Gasteiger partial charge in [-0.15, -0.1) is 0 Å². The number of amides is 1. The maximum Gasteiger partial charge on any atom is 0.227 e. The Bertz CT molecular complexity index is 587. The van der Waals surface area contributed by atoms with Gasteiger partial charge in [0.2, 0.25) is 5.91 Å². The highest BCUT2D eigenvalue weighted by Gasteiger charge is 2.33. The number of carbonyl (C=O) groups is 1. The summed E-state index contributed by atoms with van der Waals surface area (Å²) in [5.74, 6) is 0.0714. The number of aromatic nitrogens is 1. The van der Waals surface area contributed by atoms with E-state index in [1.165, 1.54) is 5.56 Å². The number of rotatable bonds is 8. The van der Waals surface area contributed by atoms with E-state index >= 15 is 0 Å². The van der Waals surface area contributed by atoms with Crippen molar-refractivity contribution in [1.29, 1.82) is 0 Å². The van der Waals surface area contributed by atoms with Gasteiger partial charge in [0, 0.05) is 44.6 Å². The van der Waals surface area contributed by atoms with Gasteiger partial charge in [0.15, 0.2) is 0 Å². The lowest BCUT2D eigenvalue weighted by molar-refractivity contribution is -0.139. The number of pyridine rings is 1. The molecular weight excluding hydrogens is 356 g/mol. The van der Waals surface area contributed by atoms with Crippen molar-refractivity contribution in [3.05, 3.63) is 30.1 Å². The predicted molar refractivity (Wildman–Crippen MR) is 108 cm³/mol. The van der Waals surface area contributed by atoms with Crippen LogP contribution in [0.2, 0.25) is 0 Å². The van der Waals surface area contributed by atoms with E-state index in [1.54, 1.807) is 4.90 Å². The molecule has 2 aliphatic rings. The Morgan fingerprint density at radius 1 is 1.14 bits per heavy atom. The molecule has 0 radical (unpaired) electrons. The molecule has 7 nitrogen and oxygen atoms in total. The molecule has 1 aromatic heterocycles. The minimum Gasteiger partial charge on any atom is -0.395 e. The molecule has 0 aliphatic carbocycles. The third-order valence-electron chi connectivity index (χ3n) is 6.06. The molecule has 0 bridgehead atoms. The van der Waals surface area contributed by atoms with Crippen LogP contribution in [0.1, 0.15) is 31.2 Å². The normalized spacial score (nSPS) is 22.3. The van der Waals surface area contributed by atoms with Gasteiger partial charge in [-0.25, -0.2) is 0 Å². The summed E-state index contributed by atoms with van der Waals surface area (Å²) in [5, 5.41) is 18.4. The number of likely N-dealkylation sites (tertiary alicyclic amines) is 2. The summed E-state index contributed by atoms with van der Waals surface area (Å²) in [6, 6.07) is 4.67. The smallest absolute Gasteiger partial charge is 0.227 e. The highest BCUT2D eigenvalue weighted by Crippen LogP contribution is 2.25. The maximum absolute atomic E-state index is 12.8. The van der Waals surface area contributed by atoms with Crippen LogP contribution in [-0.2, 0) is 11.3 Å². The Labute approximate surface area is 168 Å². The Morgan fingerprint density at radius 2 is 1.89 bits per heavy atom. The second-order valence-corrected chi connectivity index (χ2v) is 7.98. The Morgan fingerprint density at radius 3 is 2.54 bits per heavy atom. The first-order valence-electron chi connectivity index (χ1n) is 10.6. The number of aliphatic hydroxyl groups is 2. The van der Waals surface area contributed by atoms with Crippen molar-refractivity contribution in [1.82, 2.24) is 19.7 Å². The van der Waals surface area contributed by atoms with Crippen LogP contribution in [0, 0.1) is 5.92 Å². The van der Waals surface area contributed by atoms with Crippen LogP contribution in [0.5, 0.6) is 0 Å². The van der Waals surface area contributed by atoms with Gasteiger partial charge in [-0.3, -0.25) is 19.6 Å². The van der Waals surface area contributed by atoms with E-state index in [9.17, 15) is 15.0 Å². The van der Waals surface area contributed by atoms with E-state index in [0.29, 0.717) is 19.1 Å². The average Bonchev–Trinajstić information content (AvgIpc) is 2.74. The van der Waals surface area contributed by atoms with Crippen molar-refractivity contribution in [3.63, 3.8) is 0 Å². The lowest BCUT2D eigenvalue weighted by Crippen LogP contribution is -2.51. The predicted octanol–water partition coefficient (Wildman–Crippen LogP) is 0.571. The number of nitrogens with zero attached hydrogens (tertiary/aromatic N) is 4. The first-order chi connectivity index (χ1) is 13.7. The molecule has 3 rings (SSSR count). The zero-order chi connectivity index (χ0) is 19.8. The summed E-state index contributed by atoms with van der Waals surface area (Å²) < 4.78 is 0. The molecule has 156 valence electrons. The molecule has 1 aromatic rings. The van der Waals surface area contributed by atoms with Crippen LogP contribution >= 0.6 is 0 Å². The molecule has 0 spiro atoms. The third kappa shape index (κ3) is 5.73. The summed E-state index contributed by atoms with van der Waals surface area (Å²) in [7, 11) is 0. The SMILES string of the molecule is O=C(C1CCCN(C2CCN(Cc3cccnc3)CC2)C1)N(CCO)CCO. The van der Waals surface area contributed by atoms with Crippen LogP contribution in [0.15, 0.2) is 24.5 Å². The Kier molecular flexibility index (Phi) is 8.21. The van der Waals surface area contributed by atoms with Crippen LogP contribution in [0.4, 0.5) is 0 Å². The van der Waals surface area contributed by atoms with Gasteiger partial charge in [-0.05, 0) is 56.9 Å². The van der Waals surface area contributed by atoms with Gasteiger partial charge in [0.1, 0.15) is 0 Å². The van der Waals surface area contributed by atoms with Gasteiger partial charge < -0.3 is 15.1 Å². The first-order valence-corrected chi connectivity index (χ1v) is 10.6.